The van der Waals surface area contributed by atoms with Crippen LogP contribution in [-0.2, 0) is 9.53 Å². The summed E-state index contributed by atoms with van der Waals surface area (Å²) in [6.45, 7) is 6.54. The number of rotatable bonds is 7. The highest BCUT2D eigenvalue weighted by Gasteiger charge is 2.43. The maximum absolute atomic E-state index is 11.5. The zero-order valence-electron chi connectivity index (χ0n) is 11.7. The number of carbonyl (C=O) groups is 1. The first kappa shape index (κ1) is 15.0. The smallest absolute Gasteiger partial charge is 0.330 e. The predicted molar refractivity (Wildman–Crippen MR) is 72.1 cm³/mol. The first-order valence-electron chi connectivity index (χ1n) is 6.56. The molecule has 3 nitrogen and oxygen atoms in total. The largest absolute Gasteiger partial charge is 0.462 e. The summed E-state index contributed by atoms with van der Waals surface area (Å²) in [6, 6.07) is 0. The van der Waals surface area contributed by atoms with Crippen LogP contribution < -0.4 is 0 Å². The Morgan fingerprint density at radius 1 is 1.33 bits per heavy atom. The van der Waals surface area contributed by atoms with Crippen LogP contribution in [0.2, 0.25) is 0 Å². The molecule has 0 heterocycles. The van der Waals surface area contributed by atoms with E-state index in [-0.39, 0.29) is 18.0 Å². The first-order chi connectivity index (χ1) is 8.47. The number of hydrogen-bond donors (Lipinski definition) is 1. The maximum atomic E-state index is 11.5. The van der Waals surface area contributed by atoms with Crippen LogP contribution >= 0.6 is 0 Å². The number of aliphatic hydroxyl groups excluding tert-OH is 1. The maximum Gasteiger partial charge on any atom is 0.330 e. The third kappa shape index (κ3) is 5.50. The van der Waals surface area contributed by atoms with E-state index in [2.05, 4.69) is 19.9 Å². The standard InChI is InChI=1S/C15H24O3/c1-12(2)5-4-6-13(3)9-14(17)18-11-15(10-16)7-8-15/h5,9,16H,4,6-8,10-11H2,1-3H3/b13-9+. The van der Waals surface area contributed by atoms with E-state index in [9.17, 15) is 4.79 Å². The quantitative estimate of drug-likeness (QED) is 0.430. The lowest BCUT2D eigenvalue weighted by atomic mass is 10.1. The molecule has 0 aromatic heterocycles. The summed E-state index contributed by atoms with van der Waals surface area (Å²) in [6.07, 6.45) is 7.48. The van der Waals surface area contributed by atoms with Crippen LogP contribution in [0.1, 0.15) is 46.5 Å². The molecular weight excluding hydrogens is 228 g/mol. The molecule has 0 aromatic rings. The third-order valence-electron chi connectivity index (χ3n) is 3.27. The molecule has 0 radical (unpaired) electrons. The fourth-order valence-electron chi connectivity index (χ4n) is 1.65. The first-order valence-corrected chi connectivity index (χ1v) is 6.56. The summed E-state index contributed by atoms with van der Waals surface area (Å²) in [4.78, 5) is 11.5. The molecule has 1 aliphatic carbocycles. The average Bonchev–Trinajstić information content (AvgIpc) is 3.06. The zero-order chi connectivity index (χ0) is 13.6. The summed E-state index contributed by atoms with van der Waals surface area (Å²) >= 11 is 0. The second-order valence-corrected chi connectivity index (χ2v) is 5.58. The molecule has 0 unspecified atom stereocenters. The molecule has 1 saturated carbocycles. The molecule has 1 aliphatic rings. The van der Waals surface area contributed by atoms with Crippen molar-refractivity contribution in [3.8, 4) is 0 Å². The highest BCUT2D eigenvalue weighted by Crippen LogP contribution is 2.45. The molecule has 0 aliphatic heterocycles. The summed E-state index contributed by atoms with van der Waals surface area (Å²) in [5.74, 6) is -0.288. The fourth-order valence-corrected chi connectivity index (χ4v) is 1.65. The van der Waals surface area contributed by atoms with Crippen molar-refractivity contribution in [1.82, 2.24) is 0 Å². The lowest BCUT2D eigenvalue weighted by molar-refractivity contribution is -0.140. The van der Waals surface area contributed by atoms with E-state index in [4.69, 9.17) is 9.84 Å². The Balaban J connectivity index is 2.27. The monoisotopic (exact) mass is 252 g/mol. The third-order valence-corrected chi connectivity index (χ3v) is 3.27. The molecule has 0 saturated heterocycles. The summed E-state index contributed by atoms with van der Waals surface area (Å²) in [5, 5.41) is 9.11. The lowest BCUT2D eigenvalue weighted by Crippen LogP contribution is -2.17. The van der Waals surface area contributed by atoms with Crippen molar-refractivity contribution < 1.29 is 14.6 Å². The molecule has 102 valence electrons. The molecule has 1 rings (SSSR count). The second-order valence-electron chi connectivity index (χ2n) is 5.58. The van der Waals surface area contributed by atoms with Gasteiger partial charge in [-0.25, -0.2) is 4.79 Å². The van der Waals surface area contributed by atoms with Gasteiger partial charge in [0.2, 0.25) is 0 Å². The van der Waals surface area contributed by atoms with Gasteiger partial charge in [-0.1, -0.05) is 17.2 Å². The van der Waals surface area contributed by atoms with E-state index in [0.29, 0.717) is 6.61 Å². The SMILES string of the molecule is CC(C)=CCC/C(C)=C/C(=O)OCC1(CO)CC1. The fraction of sp³-hybridized carbons (Fsp3) is 0.667. The molecule has 0 spiro atoms. The molecular formula is C15H24O3. The van der Waals surface area contributed by atoms with Crippen molar-refractivity contribution >= 4 is 5.97 Å². The molecule has 3 heteroatoms. The Kier molecular flexibility index (Phi) is 5.60. The van der Waals surface area contributed by atoms with E-state index in [1.807, 2.05) is 6.92 Å². The Morgan fingerprint density at radius 2 is 2.00 bits per heavy atom. The molecule has 1 N–H and O–H groups in total. The van der Waals surface area contributed by atoms with Gasteiger partial charge in [-0.15, -0.1) is 0 Å². The van der Waals surface area contributed by atoms with Gasteiger partial charge in [0.1, 0.15) is 0 Å². The average molecular weight is 252 g/mol. The number of allylic oxidation sites excluding steroid dienone is 3. The highest BCUT2D eigenvalue weighted by atomic mass is 16.5. The van der Waals surface area contributed by atoms with Crippen LogP contribution in [0.25, 0.3) is 0 Å². The topological polar surface area (TPSA) is 46.5 Å². The number of esters is 1. The van der Waals surface area contributed by atoms with Gasteiger partial charge in [0.05, 0.1) is 13.2 Å². The van der Waals surface area contributed by atoms with Gasteiger partial charge in [-0.05, 0) is 46.5 Å². The molecule has 0 amide bonds. The van der Waals surface area contributed by atoms with Crippen molar-refractivity contribution in [2.24, 2.45) is 5.41 Å². The van der Waals surface area contributed by atoms with Crippen LogP contribution in [0.15, 0.2) is 23.3 Å². The molecule has 0 aromatic carbocycles. The summed E-state index contributed by atoms with van der Waals surface area (Å²) < 4.78 is 5.17. The Labute approximate surface area is 110 Å². The number of hydrogen-bond acceptors (Lipinski definition) is 3. The van der Waals surface area contributed by atoms with Crippen molar-refractivity contribution in [3.63, 3.8) is 0 Å². The number of aliphatic hydroxyl groups is 1. The van der Waals surface area contributed by atoms with E-state index in [1.165, 1.54) is 5.57 Å². The van der Waals surface area contributed by atoms with Crippen molar-refractivity contribution in [2.75, 3.05) is 13.2 Å². The lowest BCUT2D eigenvalue weighted by Gasteiger charge is -2.10. The van der Waals surface area contributed by atoms with Crippen molar-refractivity contribution in [3.05, 3.63) is 23.3 Å². The molecule has 0 bridgehead atoms. The Bertz CT molecular complexity index is 345. The molecule has 1 fully saturated rings. The van der Waals surface area contributed by atoms with Gasteiger partial charge >= 0.3 is 5.97 Å². The van der Waals surface area contributed by atoms with Crippen LogP contribution in [0.4, 0.5) is 0 Å². The molecule has 0 atom stereocenters. The van der Waals surface area contributed by atoms with Crippen LogP contribution in [0, 0.1) is 5.41 Å². The summed E-state index contributed by atoms with van der Waals surface area (Å²) in [5.41, 5.74) is 2.20. The van der Waals surface area contributed by atoms with Gasteiger partial charge in [0.25, 0.3) is 0 Å². The van der Waals surface area contributed by atoms with Crippen molar-refractivity contribution in [1.29, 1.82) is 0 Å². The van der Waals surface area contributed by atoms with Crippen LogP contribution in [0.5, 0.6) is 0 Å². The Morgan fingerprint density at radius 3 is 2.50 bits per heavy atom. The van der Waals surface area contributed by atoms with Crippen molar-refractivity contribution in [2.45, 2.75) is 46.5 Å². The second kappa shape index (κ2) is 6.74. The minimum absolute atomic E-state index is 0.115. The van der Waals surface area contributed by atoms with E-state index < -0.39 is 0 Å². The minimum Gasteiger partial charge on any atom is -0.462 e. The van der Waals surface area contributed by atoms with Gasteiger partial charge in [-0.3, -0.25) is 0 Å². The van der Waals surface area contributed by atoms with E-state index in [0.717, 1.165) is 31.3 Å². The molecule has 18 heavy (non-hydrogen) atoms. The normalized spacial score (nSPS) is 17.2. The summed E-state index contributed by atoms with van der Waals surface area (Å²) in [7, 11) is 0. The van der Waals surface area contributed by atoms with E-state index >= 15 is 0 Å². The Hall–Kier alpha value is -1.09. The highest BCUT2D eigenvalue weighted by molar-refractivity contribution is 5.82. The minimum atomic E-state index is -0.288. The van der Waals surface area contributed by atoms with Gasteiger partial charge in [0.15, 0.2) is 0 Å². The van der Waals surface area contributed by atoms with Gasteiger partial charge < -0.3 is 9.84 Å². The van der Waals surface area contributed by atoms with E-state index in [1.54, 1.807) is 6.08 Å². The number of ether oxygens (including phenoxy) is 1. The van der Waals surface area contributed by atoms with Gasteiger partial charge in [-0.2, -0.15) is 0 Å². The van der Waals surface area contributed by atoms with Crippen LogP contribution in [-0.4, -0.2) is 24.3 Å². The van der Waals surface area contributed by atoms with Crippen LogP contribution in [0.3, 0.4) is 0 Å². The van der Waals surface area contributed by atoms with Gasteiger partial charge in [0, 0.05) is 11.5 Å². The predicted octanol–water partition coefficient (Wildman–Crippen LogP) is 2.99. The number of carbonyl (C=O) groups excluding carboxylic acids is 1. The zero-order valence-corrected chi connectivity index (χ0v) is 11.7.